The van der Waals surface area contributed by atoms with Crippen LogP contribution in [0.25, 0.3) is 0 Å². The van der Waals surface area contributed by atoms with Crippen LogP contribution in [-0.4, -0.2) is 58.3 Å². The van der Waals surface area contributed by atoms with Gasteiger partial charge in [0.1, 0.15) is 17.1 Å². The number of hydrogen-bond donors (Lipinski definition) is 1. The summed E-state index contributed by atoms with van der Waals surface area (Å²) in [4.78, 5) is 18.0. The molecule has 0 radical (unpaired) electrons. The third kappa shape index (κ3) is 6.91. The smallest absolute Gasteiger partial charge is 0.263 e. The number of hydrogen-bond acceptors (Lipinski definition) is 5. The zero-order valence-corrected chi connectivity index (χ0v) is 22.4. The molecule has 1 aliphatic rings. The minimum atomic E-state index is -0.238. The fourth-order valence-electron chi connectivity index (χ4n) is 4.68. The van der Waals surface area contributed by atoms with Gasteiger partial charge >= 0.3 is 0 Å². The van der Waals surface area contributed by atoms with E-state index < -0.39 is 0 Å². The number of piperazine rings is 1. The second-order valence-electron chi connectivity index (χ2n) is 10.2. The molecule has 6 heteroatoms. The number of nitrogens with zero attached hydrogens (tertiary/aromatic N) is 2. The number of carbonyl (C=O) groups excluding carboxylic acids is 1. The highest BCUT2D eigenvalue weighted by Crippen LogP contribution is 2.38. The van der Waals surface area contributed by atoms with Crippen LogP contribution in [-0.2, 0) is 5.41 Å². The minimum Gasteiger partial charge on any atom is -0.496 e. The van der Waals surface area contributed by atoms with E-state index in [0.29, 0.717) is 17.1 Å². The monoisotopic (exact) mass is 481 g/mol. The molecule has 2 aromatic carbocycles. The van der Waals surface area contributed by atoms with E-state index >= 15 is 0 Å². The van der Waals surface area contributed by atoms with Gasteiger partial charge in [0.15, 0.2) is 0 Å². The summed E-state index contributed by atoms with van der Waals surface area (Å²) < 4.78 is 11.4. The predicted molar refractivity (Wildman–Crippen MR) is 145 cm³/mol. The van der Waals surface area contributed by atoms with Gasteiger partial charge in [-0.25, -0.2) is 0 Å². The number of methoxy groups -OCH3 is 2. The highest BCUT2D eigenvalue weighted by molar-refractivity contribution is 6.08. The van der Waals surface area contributed by atoms with Gasteiger partial charge in [-0.3, -0.25) is 4.79 Å². The molecule has 0 aromatic heterocycles. The number of unbranched alkanes of at least 4 members (excludes halogenated alkanes) is 3. The number of nitrogens with one attached hydrogen (secondary N) is 1. The van der Waals surface area contributed by atoms with Crippen LogP contribution in [0.5, 0.6) is 11.5 Å². The molecule has 0 aliphatic carbocycles. The summed E-state index contributed by atoms with van der Waals surface area (Å²) in [5.41, 5.74) is 3.43. The first-order chi connectivity index (χ1) is 16.8. The Hall–Kier alpha value is -2.73. The molecule has 3 rings (SSSR count). The van der Waals surface area contributed by atoms with Crippen LogP contribution < -0.4 is 19.7 Å². The number of carbonyl (C=O) groups is 1. The summed E-state index contributed by atoms with van der Waals surface area (Å²) in [6, 6.07) is 12.0. The van der Waals surface area contributed by atoms with Gasteiger partial charge in [-0.1, -0.05) is 46.5 Å². The van der Waals surface area contributed by atoms with Gasteiger partial charge in [-0.05, 0) is 60.8 Å². The van der Waals surface area contributed by atoms with Crippen molar-refractivity contribution in [3.63, 3.8) is 0 Å². The van der Waals surface area contributed by atoms with Crippen LogP contribution in [0.3, 0.4) is 0 Å². The predicted octanol–water partition coefficient (Wildman–Crippen LogP) is 5.96. The highest BCUT2D eigenvalue weighted by atomic mass is 16.5. The van der Waals surface area contributed by atoms with E-state index in [4.69, 9.17) is 9.47 Å². The summed E-state index contributed by atoms with van der Waals surface area (Å²) in [5.74, 6) is 0.832. The second-order valence-corrected chi connectivity index (χ2v) is 10.2. The highest BCUT2D eigenvalue weighted by Gasteiger charge is 2.27. The maximum absolute atomic E-state index is 13.3. The van der Waals surface area contributed by atoms with Gasteiger partial charge in [0.25, 0.3) is 5.91 Å². The first-order valence-electron chi connectivity index (χ1n) is 12.9. The van der Waals surface area contributed by atoms with Crippen LogP contribution in [0.15, 0.2) is 36.4 Å². The van der Waals surface area contributed by atoms with Crippen LogP contribution in [0.4, 0.5) is 11.4 Å². The molecule has 6 nitrogen and oxygen atoms in total. The lowest BCUT2D eigenvalue weighted by atomic mass is 9.79. The molecular formula is C29H43N3O3. The zero-order chi connectivity index (χ0) is 25.4. The van der Waals surface area contributed by atoms with Gasteiger partial charge in [0.05, 0.1) is 14.2 Å². The van der Waals surface area contributed by atoms with Crippen molar-refractivity contribution < 1.29 is 14.3 Å². The van der Waals surface area contributed by atoms with Crippen molar-refractivity contribution in [1.29, 1.82) is 0 Å². The quantitative estimate of drug-likeness (QED) is 0.402. The second kappa shape index (κ2) is 12.3. The van der Waals surface area contributed by atoms with Crippen LogP contribution in [0.1, 0.15) is 68.8 Å². The molecule has 192 valence electrons. The molecule has 0 unspecified atom stereocenters. The number of ether oxygens (including phenoxy) is 2. The van der Waals surface area contributed by atoms with Crippen molar-refractivity contribution in [2.45, 2.75) is 58.3 Å². The first-order valence-corrected chi connectivity index (χ1v) is 12.9. The summed E-state index contributed by atoms with van der Waals surface area (Å²) in [7, 11) is 5.36. The maximum Gasteiger partial charge on any atom is 0.263 e. The fourth-order valence-corrected chi connectivity index (χ4v) is 4.68. The molecule has 1 fully saturated rings. The molecule has 0 bridgehead atoms. The topological polar surface area (TPSA) is 54.0 Å². The Bertz CT molecular complexity index is 939. The molecule has 1 amide bonds. The van der Waals surface area contributed by atoms with E-state index in [-0.39, 0.29) is 11.3 Å². The maximum atomic E-state index is 13.3. The molecule has 1 saturated heterocycles. The fraction of sp³-hybridized carbons (Fsp3) is 0.552. The van der Waals surface area contributed by atoms with Gasteiger partial charge in [-0.15, -0.1) is 0 Å². The summed E-state index contributed by atoms with van der Waals surface area (Å²) in [6.07, 6.45) is 5.98. The van der Waals surface area contributed by atoms with Crippen molar-refractivity contribution >= 4 is 17.3 Å². The van der Waals surface area contributed by atoms with E-state index in [1.165, 1.54) is 31.4 Å². The Morgan fingerprint density at radius 1 is 0.943 bits per heavy atom. The van der Waals surface area contributed by atoms with Gasteiger partial charge < -0.3 is 24.6 Å². The van der Waals surface area contributed by atoms with Gasteiger partial charge in [-0.2, -0.15) is 0 Å². The molecule has 0 atom stereocenters. The average Bonchev–Trinajstić information content (AvgIpc) is 2.86. The van der Waals surface area contributed by atoms with Gasteiger partial charge in [0.2, 0.25) is 0 Å². The van der Waals surface area contributed by atoms with Gasteiger partial charge in [0, 0.05) is 37.6 Å². The van der Waals surface area contributed by atoms with Crippen molar-refractivity contribution in [2.24, 2.45) is 0 Å². The van der Waals surface area contributed by atoms with E-state index in [1.54, 1.807) is 14.2 Å². The molecule has 35 heavy (non-hydrogen) atoms. The molecule has 1 heterocycles. The van der Waals surface area contributed by atoms with Crippen molar-refractivity contribution in [3.8, 4) is 11.5 Å². The summed E-state index contributed by atoms with van der Waals surface area (Å²) >= 11 is 0. The number of benzene rings is 2. The lowest BCUT2D eigenvalue weighted by Gasteiger charge is -2.34. The Balaban J connectivity index is 1.76. The van der Waals surface area contributed by atoms with E-state index in [1.807, 2.05) is 24.3 Å². The number of likely N-dealkylation sites (N-methyl/N-ethyl adjacent to an activating group) is 1. The Morgan fingerprint density at radius 2 is 1.54 bits per heavy atom. The Morgan fingerprint density at radius 3 is 2.09 bits per heavy atom. The third-order valence-electron chi connectivity index (χ3n) is 7.16. The third-order valence-corrected chi connectivity index (χ3v) is 7.16. The molecule has 1 N–H and O–H groups in total. The lowest BCUT2D eigenvalue weighted by molar-refractivity contribution is 0.102. The number of amides is 1. The van der Waals surface area contributed by atoms with E-state index in [9.17, 15) is 4.79 Å². The normalized spacial score (nSPS) is 14.6. The van der Waals surface area contributed by atoms with Crippen LogP contribution >= 0.6 is 0 Å². The standard InChI is InChI=1S/C29H43N3O3/c1-7-8-9-10-15-29(2,3)22-20-25(34-5)27(26(21-22)35-6)28(33)30-23-11-13-24(14-12-23)32-18-16-31(4)17-19-32/h11-14,20-21H,7-10,15-19H2,1-6H3,(H,30,33). The van der Waals surface area contributed by atoms with Crippen LogP contribution in [0, 0.1) is 0 Å². The molecule has 0 saturated carbocycles. The Labute approximate surface area is 211 Å². The van der Waals surface area contributed by atoms with E-state index in [2.05, 4.69) is 55.1 Å². The van der Waals surface area contributed by atoms with Crippen molar-refractivity contribution in [3.05, 3.63) is 47.5 Å². The zero-order valence-electron chi connectivity index (χ0n) is 22.4. The molecule has 0 spiro atoms. The van der Waals surface area contributed by atoms with Crippen molar-refractivity contribution in [1.82, 2.24) is 4.90 Å². The largest absolute Gasteiger partial charge is 0.496 e. The van der Waals surface area contributed by atoms with Crippen LogP contribution in [0.2, 0.25) is 0 Å². The van der Waals surface area contributed by atoms with E-state index in [0.717, 1.165) is 43.9 Å². The number of anilines is 2. The summed E-state index contributed by atoms with van der Waals surface area (Å²) in [6.45, 7) is 10.9. The molecule has 1 aliphatic heterocycles. The summed E-state index contributed by atoms with van der Waals surface area (Å²) in [5, 5.41) is 3.03. The average molecular weight is 482 g/mol. The SMILES string of the molecule is CCCCCCC(C)(C)c1cc(OC)c(C(=O)Nc2ccc(N3CCN(C)CC3)cc2)c(OC)c1. The number of rotatable bonds is 11. The lowest BCUT2D eigenvalue weighted by Crippen LogP contribution is -2.44. The van der Waals surface area contributed by atoms with Crippen molar-refractivity contribution in [2.75, 3.05) is 57.7 Å². The minimum absolute atomic E-state index is 0.0393. The Kier molecular flexibility index (Phi) is 9.44. The molecule has 2 aromatic rings. The first kappa shape index (κ1) is 26.9. The molecular weight excluding hydrogens is 438 g/mol.